The average molecular weight is 362 g/mol. The summed E-state index contributed by atoms with van der Waals surface area (Å²) in [6.45, 7) is 0. The molecule has 0 bridgehead atoms. The second-order valence-corrected chi connectivity index (χ2v) is 5.89. The monoisotopic (exact) mass is 361 g/mol. The molecule has 0 saturated carbocycles. The minimum Gasteiger partial charge on any atom is -0.494 e. The zero-order valence-electron chi connectivity index (χ0n) is 14.0. The van der Waals surface area contributed by atoms with Crippen molar-refractivity contribution in [2.24, 2.45) is 7.05 Å². The van der Waals surface area contributed by atoms with Crippen molar-refractivity contribution in [2.45, 2.75) is 0 Å². The van der Waals surface area contributed by atoms with Gasteiger partial charge >= 0.3 is 0 Å². The maximum Gasteiger partial charge on any atom is 0.206 e. The highest BCUT2D eigenvalue weighted by molar-refractivity contribution is 6.33. The summed E-state index contributed by atoms with van der Waals surface area (Å²) in [4.78, 5) is 4.45. The molecule has 2 N–H and O–H groups in total. The number of benzene rings is 2. The maximum atomic E-state index is 14.2. The van der Waals surface area contributed by atoms with Crippen LogP contribution in [0.15, 0.2) is 36.7 Å². The summed E-state index contributed by atoms with van der Waals surface area (Å²) in [5.74, 6) is -0.384. The molecule has 0 spiro atoms. The van der Waals surface area contributed by atoms with E-state index in [0.29, 0.717) is 22.0 Å². The second-order valence-electron chi connectivity index (χ2n) is 5.48. The molecule has 3 rings (SSSR count). The van der Waals surface area contributed by atoms with Crippen molar-refractivity contribution < 1.29 is 13.9 Å². The van der Waals surface area contributed by atoms with E-state index in [9.17, 15) is 4.39 Å². The molecule has 3 aromatic rings. The van der Waals surface area contributed by atoms with Crippen LogP contribution in [0.1, 0.15) is 0 Å². The lowest BCUT2D eigenvalue weighted by molar-refractivity contribution is 0.351. The van der Waals surface area contributed by atoms with Gasteiger partial charge in [-0.1, -0.05) is 17.7 Å². The molecule has 0 fully saturated rings. The third-order valence-electron chi connectivity index (χ3n) is 3.93. The van der Waals surface area contributed by atoms with E-state index in [1.807, 2.05) is 17.7 Å². The average Bonchev–Trinajstić information content (AvgIpc) is 2.99. The SMILES string of the molecule is COc1cc(-c2ncn(C)c2-c2ccc(Cl)c(N)c2)cc(OC)c1F. The molecule has 1 heterocycles. The summed E-state index contributed by atoms with van der Waals surface area (Å²) in [6, 6.07) is 8.54. The van der Waals surface area contributed by atoms with E-state index >= 15 is 0 Å². The molecule has 0 aliphatic carbocycles. The lowest BCUT2D eigenvalue weighted by atomic mass is 10.0. The Morgan fingerprint density at radius 3 is 2.28 bits per heavy atom. The number of imidazole rings is 1. The molecule has 130 valence electrons. The Bertz CT molecular complexity index is 915. The van der Waals surface area contributed by atoms with Crippen LogP contribution >= 0.6 is 11.6 Å². The number of anilines is 1. The number of aryl methyl sites for hydroxylation is 1. The van der Waals surface area contributed by atoms with Gasteiger partial charge in [-0.25, -0.2) is 4.98 Å². The molecular formula is C18H17ClFN3O2. The van der Waals surface area contributed by atoms with Crippen LogP contribution in [0.2, 0.25) is 5.02 Å². The van der Waals surface area contributed by atoms with Gasteiger partial charge in [0, 0.05) is 18.2 Å². The number of rotatable bonds is 4. The molecule has 0 aliphatic heterocycles. The van der Waals surface area contributed by atoms with Crippen LogP contribution in [0.4, 0.5) is 10.1 Å². The summed E-state index contributed by atoms with van der Waals surface area (Å²) in [7, 11) is 4.68. The van der Waals surface area contributed by atoms with Gasteiger partial charge in [0.1, 0.15) is 0 Å². The van der Waals surface area contributed by atoms with Crippen LogP contribution in [0, 0.1) is 5.82 Å². The van der Waals surface area contributed by atoms with Crippen molar-refractivity contribution in [3.63, 3.8) is 0 Å². The number of methoxy groups -OCH3 is 2. The minimum atomic E-state index is -0.554. The highest BCUT2D eigenvalue weighted by atomic mass is 35.5. The summed E-state index contributed by atoms with van der Waals surface area (Å²) in [6.07, 6.45) is 1.68. The summed E-state index contributed by atoms with van der Waals surface area (Å²) >= 11 is 6.01. The quantitative estimate of drug-likeness (QED) is 0.709. The first kappa shape index (κ1) is 17.1. The smallest absolute Gasteiger partial charge is 0.206 e. The first-order valence-corrected chi connectivity index (χ1v) is 7.82. The van der Waals surface area contributed by atoms with E-state index in [0.717, 1.165) is 11.3 Å². The Labute approximate surface area is 149 Å². The molecular weight excluding hydrogens is 345 g/mol. The van der Waals surface area contributed by atoms with Gasteiger partial charge in [-0.3, -0.25) is 0 Å². The highest BCUT2D eigenvalue weighted by Crippen LogP contribution is 2.38. The standard InChI is InChI=1S/C18H17ClFN3O2/c1-23-9-22-17(18(23)10-4-5-12(19)13(21)6-10)11-7-14(24-2)16(20)15(8-11)25-3/h4-9H,21H2,1-3H3. The fraction of sp³-hybridized carbons (Fsp3) is 0.167. The van der Waals surface area contributed by atoms with E-state index < -0.39 is 5.82 Å². The van der Waals surface area contributed by atoms with Gasteiger partial charge in [0.05, 0.1) is 42.6 Å². The number of nitrogens with two attached hydrogens (primary N) is 1. The van der Waals surface area contributed by atoms with Gasteiger partial charge in [-0.15, -0.1) is 0 Å². The Hall–Kier alpha value is -2.73. The molecule has 0 saturated heterocycles. The number of nitrogen functional groups attached to an aromatic ring is 1. The summed E-state index contributed by atoms with van der Waals surface area (Å²) < 4.78 is 26.3. The maximum absolute atomic E-state index is 14.2. The summed E-state index contributed by atoms with van der Waals surface area (Å²) in [5.41, 5.74) is 9.38. The molecule has 25 heavy (non-hydrogen) atoms. The van der Waals surface area contributed by atoms with Crippen LogP contribution in [-0.4, -0.2) is 23.8 Å². The minimum absolute atomic E-state index is 0.0848. The van der Waals surface area contributed by atoms with Gasteiger partial charge < -0.3 is 19.8 Å². The van der Waals surface area contributed by atoms with E-state index in [1.165, 1.54) is 14.2 Å². The first-order valence-electron chi connectivity index (χ1n) is 7.44. The Morgan fingerprint density at radius 1 is 1.08 bits per heavy atom. The van der Waals surface area contributed by atoms with Crippen molar-refractivity contribution in [1.29, 1.82) is 0 Å². The predicted molar refractivity (Wildman–Crippen MR) is 96.6 cm³/mol. The predicted octanol–water partition coefficient (Wildman–Crippen LogP) is 4.15. The molecule has 2 aromatic carbocycles. The zero-order valence-corrected chi connectivity index (χ0v) is 14.8. The first-order chi connectivity index (χ1) is 12.0. The molecule has 7 heteroatoms. The number of halogens is 2. The highest BCUT2D eigenvalue weighted by Gasteiger charge is 2.19. The van der Waals surface area contributed by atoms with Crippen LogP contribution in [0.3, 0.4) is 0 Å². The van der Waals surface area contributed by atoms with E-state index in [-0.39, 0.29) is 11.5 Å². The fourth-order valence-corrected chi connectivity index (χ4v) is 2.80. The van der Waals surface area contributed by atoms with Gasteiger partial charge in [-0.2, -0.15) is 4.39 Å². The van der Waals surface area contributed by atoms with Crippen molar-refractivity contribution in [1.82, 2.24) is 9.55 Å². The normalized spacial score (nSPS) is 10.8. The van der Waals surface area contributed by atoms with Gasteiger partial charge in [0.15, 0.2) is 11.5 Å². The van der Waals surface area contributed by atoms with Gasteiger partial charge in [0.25, 0.3) is 0 Å². The summed E-state index contributed by atoms with van der Waals surface area (Å²) in [5, 5.41) is 0.484. The number of ether oxygens (including phenoxy) is 2. The number of hydrogen-bond donors (Lipinski definition) is 1. The van der Waals surface area contributed by atoms with Crippen molar-refractivity contribution in [3.8, 4) is 34.0 Å². The van der Waals surface area contributed by atoms with Crippen molar-refractivity contribution >= 4 is 17.3 Å². The van der Waals surface area contributed by atoms with E-state index in [2.05, 4.69) is 4.98 Å². The lowest BCUT2D eigenvalue weighted by Crippen LogP contribution is -1.97. The zero-order chi connectivity index (χ0) is 18.1. The van der Waals surface area contributed by atoms with Gasteiger partial charge in [0.2, 0.25) is 5.82 Å². The van der Waals surface area contributed by atoms with Crippen molar-refractivity contribution in [3.05, 3.63) is 47.5 Å². The largest absolute Gasteiger partial charge is 0.494 e. The van der Waals surface area contributed by atoms with Gasteiger partial charge in [-0.05, 0) is 24.3 Å². The fourth-order valence-electron chi connectivity index (χ4n) is 2.68. The molecule has 0 amide bonds. The molecule has 0 aliphatic rings. The third-order valence-corrected chi connectivity index (χ3v) is 4.27. The van der Waals surface area contributed by atoms with Crippen LogP contribution in [0.5, 0.6) is 11.5 Å². The molecule has 0 atom stereocenters. The molecule has 1 aromatic heterocycles. The molecule has 5 nitrogen and oxygen atoms in total. The van der Waals surface area contributed by atoms with Crippen molar-refractivity contribution in [2.75, 3.05) is 20.0 Å². The Morgan fingerprint density at radius 2 is 1.72 bits per heavy atom. The number of nitrogens with zero attached hydrogens (tertiary/aromatic N) is 2. The Balaban J connectivity index is 2.21. The van der Waals surface area contributed by atoms with Crippen LogP contribution in [-0.2, 0) is 7.05 Å². The Kier molecular flexibility index (Phi) is 4.55. The number of aromatic nitrogens is 2. The van der Waals surface area contributed by atoms with E-state index in [4.69, 9.17) is 26.8 Å². The number of hydrogen-bond acceptors (Lipinski definition) is 4. The van der Waals surface area contributed by atoms with Crippen LogP contribution in [0.25, 0.3) is 22.5 Å². The molecule has 0 unspecified atom stereocenters. The third kappa shape index (κ3) is 3.00. The second kappa shape index (κ2) is 6.64. The lowest BCUT2D eigenvalue weighted by Gasteiger charge is -2.12. The topological polar surface area (TPSA) is 62.3 Å². The van der Waals surface area contributed by atoms with E-state index in [1.54, 1.807) is 30.6 Å². The van der Waals surface area contributed by atoms with Crippen LogP contribution < -0.4 is 15.2 Å². The molecule has 0 radical (unpaired) electrons.